The van der Waals surface area contributed by atoms with Gasteiger partial charge in [0.05, 0.1) is 13.7 Å². The molecular formula is C19H18ClN3O3. The van der Waals surface area contributed by atoms with Crippen LogP contribution in [0.15, 0.2) is 48.5 Å². The fourth-order valence-electron chi connectivity index (χ4n) is 2.33. The minimum Gasteiger partial charge on any atom is -0.497 e. The first kappa shape index (κ1) is 17.9. The van der Waals surface area contributed by atoms with Crippen LogP contribution in [0, 0.1) is 0 Å². The number of hydrogen-bond acceptors (Lipinski definition) is 5. The van der Waals surface area contributed by atoms with Crippen molar-refractivity contribution in [3.05, 3.63) is 59.1 Å². The van der Waals surface area contributed by atoms with E-state index in [0.29, 0.717) is 28.8 Å². The fraction of sp³-hybridized carbons (Fsp3) is 0.211. The molecule has 0 bridgehead atoms. The van der Waals surface area contributed by atoms with Gasteiger partial charge < -0.3 is 9.47 Å². The van der Waals surface area contributed by atoms with E-state index in [0.717, 1.165) is 12.0 Å². The average molecular weight is 372 g/mol. The van der Waals surface area contributed by atoms with E-state index in [4.69, 9.17) is 21.1 Å². The predicted octanol–water partition coefficient (Wildman–Crippen LogP) is 4.08. The minimum absolute atomic E-state index is 0.167. The van der Waals surface area contributed by atoms with Crippen molar-refractivity contribution in [2.24, 2.45) is 0 Å². The van der Waals surface area contributed by atoms with Crippen LogP contribution in [0.5, 0.6) is 11.8 Å². The molecule has 26 heavy (non-hydrogen) atoms. The molecule has 1 heterocycles. The molecule has 0 atom stereocenters. The van der Waals surface area contributed by atoms with Crippen molar-refractivity contribution in [3.63, 3.8) is 0 Å². The molecular weight excluding hydrogens is 354 g/mol. The zero-order valence-corrected chi connectivity index (χ0v) is 15.2. The Kier molecular flexibility index (Phi) is 5.53. The van der Waals surface area contributed by atoms with E-state index < -0.39 is 0 Å². The molecule has 0 saturated heterocycles. The number of carbonyl (C=O) groups excluding carboxylic acids is 1. The number of rotatable bonds is 6. The highest BCUT2D eigenvalue weighted by Crippen LogP contribution is 2.24. The number of halogens is 1. The third kappa shape index (κ3) is 3.86. The van der Waals surface area contributed by atoms with Crippen LogP contribution in [-0.4, -0.2) is 34.4 Å². The van der Waals surface area contributed by atoms with E-state index >= 15 is 0 Å². The Morgan fingerprint density at radius 1 is 1.12 bits per heavy atom. The SMILES string of the molecule is CCCOc1nc(-c2ccc(OC)cc2)n(C(=O)c2ccc(Cl)cc2)n1. The highest BCUT2D eigenvalue weighted by molar-refractivity contribution is 6.30. The van der Waals surface area contributed by atoms with Gasteiger partial charge in [0.2, 0.25) is 0 Å². The highest BCUT2D eigenvalue weighted by atomic mass is 35.5. The standard InChI is InChI=1S/C19H18ClN3O3/c1-3-12-26-19-21-17(13-6-10-16(25-2)11-7-13)23(22-19)18(24)14-4-8-15(20)9-5-14/h4-11H,3,12H2,1-2H3. The monoisotopic (exact) mass is 371 g/mol. The summed E-state index contributed by atoms with van der Waals surface area (Å²) in [6.07, 6.45) is 0.817. The van der Waals surface area contributed by atoms with E-state index in [2.05, 4.69) is 10.1 Å². The molecule has 134 valence electrons. The Balaban J connectivity index is 2.02. The molecule has 0 saturated carbocycles. The Bertz CT molecular complexity index is 889. The molecule has 0 radical (unpaired) electrons. The number of hydrogen-bond donors (Lipinski definition) is 0. The maximum Gasteiger partial charge on any atom is 0.336 e. The first-order chi connectivity index (χ1) is 12.6. The van der Waals surface area contributed by atoms with Crippen molar-refractivity contribution in [1.29, 1.82) is 0 Å². The molecule has 3 rings (SSSR count). The third-order valence-corrected chi connectivity index (χ3v) is 3.91. The predicted molar refractivity (Wildman–Crippen MR) is 99.0 cm³/mol. The lowest BCUT2D eigenvalue weighted by molar-refractivity contribution is 0.0944. The van der Waals surface area contributed by atoms with Crippen molar-refractivity contribution < 1.29 is 14.3 Å². The van der Waals surface area contributed by atoms with Crippen LogP contribution in [0.4, 0.5) is 0 Å². The zero-order chi connectivity index (χ0) is 18.5. The van der Waals surface area contributed by atoms with Gasteiger partial charge in [-0.05, 0) is 55.0 Å². The molecule has 0 N–H and O–H groups in total. The molecule has 7 heteroatoms. The molecule has 0 aliphatic heterocycles. The van der Waals surface area contributed by atoms with E-state index in [1.54, 1.807) is 43.5 Å². The third-order valence-electron chi connectivity index (χ3n) is 3.65. The number of carbonyl (C=O) groups is 1. The number of ether oxygens (including phenoxy) is 2. The van der Waals surface area contributed by atoms with Crippen LogP contribution >= 0.6 is 11.6 Å². The van der Waals surface area contributed by atoms with Gasteiger partial charge in [0.1, 0.15) is 5.75 Å². The first-order valence-electron chi connectivity index (χ1n) is 8.17. The lowest BCUT2D eigenvalue weighted by Crippen LogP contribution is -2.15. The zero-order valence-electron chi connectivity index (χ0n) is 14.5. The smallest absolute Gasteiger partial charge is 0.336 e. The minimum atomic E-state index is -0.314. The largest absolute Gasteiger partial charge is 0.497 e. The van der Waals surface area contributed by atoms with Crippen LogP contribution in [0.2, 0.25) is 5.02 Å². The molecule has 0 aliphatic rings. The Morgan fingerprint density at radius 2 is 1.81 bits per heavy atom. The lowest BCUT2D eigenvalue weighted by atomic mass is 10.2. The van der Waals surface area contributed by atoms with Gasteiger partial charge in [-0.1, -0.05) is 18.5 Å². The van der Waals surface area contributed by atoms with Crippen LogP contribution in [-0.2, 0) is 0 Å². The van der Waals surface area contributed by atoms with Gasteiger partial charge in [0.25, 0.3) is 5.91 Å². The average Bonchev–Trinajstić information content (AvgIpc) is 3.10. The van der Waals surface area contributed by atoms with Crippen molar-refractivity contribution >= 4 is 17.5 Å². The normalized spacial score (nSPS) is 10.6. The first-order valence-corrected chi connectivity index (χ1v) is 8.54. The molecule has 3 aromatic rings. The van der Waals surface area contributed by atoms with Gasteiger partial charge in [0, 0.05) is 16.1 Å². The summed E-state index contributed by atoms with van der Waals surface area (Å²) < 4.78 is 11.9. The molecule has 0 fully saturated rings. The number of nitrogens with zero attached hydrogens (tertiary/aromatic N) is 3. The van der Waals surface area contributed by atoms with Gasteiger partial charge in [0.15, 0.2) is 5.82 Å². The number of benzene rings is 2. The molecule has 0 spiro atoms. The topological polar surface area (TPSA) is 66.2 Å². The van der Waals surface area contributed by atoms with Crippen molar-refractivity contribution in [2.45, 2.75) is 13.3 Å². The van der Waals surface area contributed by atoms with Crippen molar-refractivity contribution in [3.8, 4) is 23.1 Å². The summed E-state index contributed by atoms with van der Waals surface area (Å²) in [7, 11) is 1.60. The Morgan fingerprint density at radius 3 is 2.42 bits per heavy atom. The van der Waals surface area contributed by atoms with E-state index in [1.165, 1.54) is 4.68 Å². The van der Waals surface area contributed by atoms with Crippen LogP contribution in [0.25, 0.3) is 11.4 Å². The number of methoxy groups -OCH3 is 1. The Labute approximate surface area is 156 Å². The van der Waals surface area contributed by atoms with Crippen LogP contribution < -0.4 is 9.47 Å². The summed E-state index contributed by atoms with van der Waals surface area (Å²) in [5, 5.41) is 4.79. The number of aromatic nitrogens is 3. The quantitative estimate of drug-likeness (QED) is 0.653. The van der Waals surface area contributed by atoms with Gasteiger partial charge in [-0.15, -0.1) is 5.10 Å². The summed E-state index contributed by atoms with van der Waals surface area (Å²) in [4.78, 5) is 17.3. The highest BCUT2D eigenvalue weighted by Gasteiger charge is 2.20. The molecule has 1 aromatic heterocycles. The second kappa shape index (κ2) is 8.01. The maximum atomic E-state index is 12.9. The van der Waals surface area contributed by atoms with Gasteiger partial charge in [-0.2, -0.15) is 9.67 Å². The van der Waals surface area contributed by atoms with Crippen molar-refractivity contribution in [1.82, 2.24) is 14.8 Å². The summed E-state index contributed by atoms with van der Waals surface area (Å²) >= 11 is 5.90. The fourth-order valence-corrected chi connectivity index (χ4v) is 2.46. The molecule has 0 amide bonds. The lowest BCUT2D eigenvalue weighted by Gasteiger charge is -2.06. The van der Waals surface area contributed by atoms with E-state index in [9.17, 15) is 4.79 Å². The Hall–Kier alpha value is -2.86. The summed E-state index contributed by atoms with van der Waals surface area (Å²) in [5.74, 6) is 0.802. The molecule has 6 nitrogen and oxygen atoms in total. The van der Waals surface area contributed by atoms with Gasteiger partial charge >= 0.3 is 6.01 Å². The van der Waals surface area contributed by atoms with Crippen molar-refractivity contribution in [2.75, 3.05) is 13.7 Å². The summed E-state index contributed by atoms with van der Waals surface area (Å²) in [6, 6.07) is 14.0. The van der Waals surface area contributed by atoms with Crippen LogP contribution in [0.3, 0.4) is 0 Å². The van der Waals surface area contributed by atoms with Gasteiger partial charge in [-0.3, -0.25) is 4.79 Å². The van der Waals surface area contributed by atoms with Gasteiger partial charge in [-0.25, -0.2) is 0 Å². The van der Waals surface area contributed by atoms with E-state index in [-0.39, 0.29) is 11.9 Å². The van der Waals surface area contributed by atoms with Crippen LogP contribution in [0.1, 0.15) is 23.7 Å². The maximum absolute atomic E-state index is 12.9. The summed E-state index contributed by atoms with van der Waals surface area (Å²) in [5.41, 5.74) is 1.18. The molecule has 0 unspecified atom stereocenters. The molecule has 0 aliphatic carbocycles. The second-order valence-corrected chi connectivity index (χ2v) is 5.96. The second-order valence-electron chi connectivity index (χ2n) is 5.52. The van der Waals surface area contributed by atoms with E-state index in [1.807, 2.05) is 19.1 Å². The molecule has 2 aromatic carbocycles. The summed E-state index contributed by atoms with van der Waals surface area (Å²) in [6.45, 7) is 2.46.